The molecule has 0 aliphatic carbocycles. The van der Waals surface area contributed by atoms with Gasteiger partial charge in [-0.3, -0.25) is 4.79 Å². The van der Waals surface area contributed by atoms with Crippen molar-refractivity contribution in [3.8, 4) is 22.3 Å². The largest absolute Gasteiger partial charge is 0.478 e. The third kappa shape index (κ3) is 3.17. The number of carboxylic acids is 1. The number of carboxylic acid groups (broad SMARTS) is 1. The summed E-state index contributed by atoms with van der Waals surface area (Å²) >= 11 is 0. The second-order valence-corrected chi connectivity index (χ2v) is 7.46. The summed E-state index contributed by atoms with van der Waals surface area (Å²) in [7, 11) is 0. The van der Waals surface area contributed by atoms with Gasteiger partial charge in [0.05, 0.1) is 5.56 Å². The van der Waals surface area contributed by atoms with Crippen molar-refractivity contribution in [3.05, 3.63) is 108 Å². The molecule has 0 fully saturated rings. The first-order valence-electron chi connectivity index (χ1n) is 10.00. The molecule has 5 aromatic rings. The molecular formula is C28H18O3. The lowest BCUT2D eigenvalue weighted by molar-refractivity contribution is 0.0696. The van der Waals surface area contributed by atoms with Gasteiger partial charge in [0.1, 0.15) is 6.29 Å². The van der Waals surface area contributed by atoms with E-state index in [1.807, 2.05) is 60.7 Å². The van der Waals surface area contributed by atoms with Crippen LogP contribution in [0.5, 0.6) is 0 Å². The summed E-state index contributed by atoms with van der Waals surface area (Å²) in [6.07, 6.45) is 0.851. The zero-order valence-electron chi connectivity index (χ0n) is 16.6. The van der Waals surface area contributed by atoms with Crippen LogP contribution in [0.2, 0.25) is 0 Å². The molecule has 0 atom stereocenters. The zero-order valence-corrected chi connectivity index (χ0v) is 16.6. The van der Waals surface area contributed by atoms with E-state index in [1.165, 1.54) is 0 Å². The summed E-state index contributed by atoms with van der Waals surface area (Å²) in [4.78, 5) is 22.4. The highest BCUT2D eigenvalue weighted by atomic mass is 16.4. The van der Waals surface area contributed by atoms with E-state index >= 15 is 0 Å². The number of aromatic carboxylic acids is 1. The molecule has 148 valence electrons. The van der Waals surface area contributed by atoms with E-state index in [9.17, 15) is 14.7 Å². The van der Waals surface area contributed by atoms with E-state index in [0.717, 1.165) is 50.1 Å². The number of hydrogen-bond acceptors (Lipinski definition) is 2. The van der Waals surface area contributed by atoms with E-state index in [1.54, 1.807) is 12.1 Å². The van der Waals surface area contributed by atoms with Crippen LogP contribution in [-0.2, 0) is 0 Å². The monoisotopic (exact) mass is 402 g/mol. The Bertz CT molecular complexity index is 1390. The second kappa shape index (κ2) is 7.54. The van der Waals surface area contributed by atoms with Crippen molar-refractivity contribution in [3.63, 3.8) is 0 Å². The summed E-state index contributed by atoms with van der Waals surface area (Å²) in [5.74, 6) is -0.935. The molecular weight excluding hydrogens is 384 g/mol. The number of carbonyl (C=O) groups excluding carboxylic acids is 1. The molecule has 3 heteroatoms. The first kappa shape index (κ1) is 18.8. The molecule has 0 bridgehead atoms. The summed E-state index contributed by atoms with van der Waals surface area (Å²) in [6.45, 7) is 0. The quantitative estimate of drug-likeness (QED) is 0.264. The van der Waals surface area contributed by atoms with Crippen LogP contribution in [0.15, 0.2) is 97.1 Å². The van der Waals surface area contributed by atoms with Crippen LogP contribution in [0.3, 0.4) is 0 Å². The second-order valence-electron chi connectivity index (χ2n) is 7.46. The fraction of sp³-hybridized carbons (Fsp3) is 0. The highest BCUT2D eigenvalue weighted by molar-refractivity contribution is 6.21. The topological polar surface area (TPSA) is 54.4 Å². The van der Waals surface area contributed by atoms with Gasteiger partial charge in [-0.2, -0.15) is 0 Å². The van der Waals surface area contributed by atoms with Gasteiger partial charge in [0.15, 0.2) is 0 Å². The Morgan fingerprint density at radius 1 is 0.581 bits per heavy atom. The number of hydrogen-bond donors (Lipinski definition) is 1. The number of aldehydes is 1. The van der Waals surface area contributed by atoms with Gasteiger partial charge in [-0.25, -0.2) is 4.79 Å². The van der Waals surface area contributed by atoms with Crippen molar-refractivity contribution in [2.75, 3.05) is 0 Å². The molecule has 31 heavy (non-hydrogen) atoms. The van der Waals surface area contributed by atoms with Gasteiger partial charge in [-0.15, -0.1) is 0 Å². The van der Waals surface area contributed by atoms with Gasteiger partial charge < -0.3 is 5.11 Å². The maximum Gasteiger partial charge on any atom is 0.335 e. The number of fused-ring (bicyclic) bond motifs is 2. The fourth-order valence-electron chi connectivity index (χ4n) is 4.26. The molecule has 0 aromatic heterocycles. The van der Waals surface area contributed by atoms with Crippen molar-refractivity contribution in [1.29, 1.82) is 0 Å². The smallest absolute Gasteiger partial charge is 0.335 e. The molecule has 0 aliphatic heterocycles. The van der Waals surface area contributed by atoms with E-state index < -0.39 is 5.97 Å². The highest BCUT2D eigenvalue weighted by Gasteiger charge is 2.16. The van der Waals surface area contributed by atoms with Crippen LogP contribution in [0.1, 0.15) is 20.7 Å². The maximum atomic E-state index is 11.3. The highest BCUT2D eigenvalue weighted by Crippen LogP contribution is 2.43. The lowest BCUT2D eigenvalue weighted by atomic mass is 9.86. The number of rotatable bonds is 4. The van der Waals surface area contributed by atoms with Crippen LogP contribution < -0.4 is 0 Å². The summed E-state index contributed by atoms with van der Waals surface area (Å²) in [5, 5.41) is 13.7. The van der Waals surface area contributed by atoms with Gasteiger partial charge in [0.25, 0.3) is 0 Å². The molecule has 0 spiro atoms. The Labute approximate surface area is 179 Å². The van der Waals surface area contributed by atoms with E-state index in [2.05, 4.69) is 24.3 Å². The first-order valence-corrected chi connectivity index (χ1v) is 10.00. The van der Waals surface area contributed by atoms with Crippen LogP contribution in [0.4, 0.5) is 0 Å². The fourth-order valence-corrected chi connectivity index (χ4v) is 4.26. The van der Waals surface area contributed by atoms with Crippen LogP contribution in [0, 0.1) is 0 Å². The average molecular weight is 402 g/mol. The van der Waals surface area contributed by atoms with Gasteiger partial charge in [0.2, 0.25) is 0 Å². The van der Waals surface area contributed by atoms with Crippen molar-refractivity contribution in [1.82, 2.24) is 0 Å². The molecule has 0 saturated carbocycles. The Morgan fingerprint density at radius 3 is 1.32 bits per heavy atom. The first-order chi connectivity index (χ1) is 15.2. The number of benzene rings is 5. The van der Waals surface area contributed by atoms with Crippen molar-refractivity contribution in [2.24, 2.45) is 0 Å². The molecule has 0 saturated heterocycles. The van der Waals surface area contributed by atoms with Crippen LogP contribution in [0.25, 0.3) is 43.8 Å². The number of carbonyl (C=O) groups is 2. The molecule has 5 rings (SSSR count). The van der Waals surface area contributed by atoms with Crippen molar-refractivity contribution in [2.45, 2.75) is 0 Å². The molecule has 0 radical (unpaired) electrons. The predicted octanol–water partition coefficient (Wildman–Crippen LogP) is 6.84. The predicted molar refractivity (Wildman–Crippen MR) is 125 cm³/mol. The minimum absolute atomic E-state index is 0.268. The normalized spacial score (nSPS) is 11.0. The van der Waals surface area contributed by atoms with E-state index in [-0.39, 0.29) is 5.56 Å². The minimum Gasteiger partial charge on any atom is -0.478 e. The lowest BCUT2D eigenvalue weighted by Crippen LogP contribution is -1.95. The van der Waals surface area contributed by atoms with Crippen LogP contribution >= 0.6 is 0 Å². The SMILES string of the molecule is O=Cc1ccc(-c2c3ccccc3c(-c3ccc(C(=O)O)cc3)c3ccccc23)cc1. The van der Waals surface area contributed by atoms with Gasteiger partial charge in [-0.1, -0.05) is 84.9 Å². The lowest BCUT2D eigenvalue weighted by Gasteiger charge is -2.17. The Kier molecular flexibility index (Phi) is 4.57. The molecule has 3 nitrogen and oxygen atoms in total. The third-order valence-electron chi connectivity index (χ3n) is 5.69. The van der Waals surface area contributed by atoms with Gasteiger partial charge in [-0.05, 0) is 55.9 Å². The summed E-state index contributed by atoms with van der Waals surface area (Å²) < 4.78 is 0. The Balaban J connectivity index is 1.87. The van der Waals surface area contributed by atoms with E-state index in [4.69, 9.17) is 0 Å². The zero-order chi connectivity index (χ0) is 21.4. The molecule has 5 aromatic carbocycles. The average Bonchev–Trinajstić information content (AvgIpc) is 2.82. The molecule has 0 amide bonds. The van der Waals surface area contributed by atoms with Gasteiger partial charge in [0, 0.05) is 5.56 Å². The third-order valence-corrected chi connectivity index (χ3v) is 5.69. The van der Waals surface area contributed by atoms with Crippen LogP contribution in [-0.4, -0.2) is 17.4 Å². The minimum atomic E-state index is -0.935. The summed E-state index contributed by atoms with van der Waals surface area (Å²) in [5.41, 5.74) is 5.13. The molecule has 0 unspecified atom stereocenters. The molecule has 1 N–H and O–H groups in total. The molecule has 0 aliphatic rings. The standard InChI is InChI=1S/C28H18O3/c29-17-18-9-11-19(12-10-18)26-22-5-1-3-7-24(22)27(25-8-4-2-6-23(25)26)20-13-15-21(16-14-20)28(30)31/h1-17H,(H,30,31). The molecule has 0 heterocycles. The van der Waals surface area contributed by atoms with Crippen molar-refractivity contribution < 1.29 is 14.7 Å². The van der Waals surface area contributed by atoms with Gasteiger partial charge >= 0.3 is 5.97 Å². The Hall–Kier alpha value is -4.24. The summed E-state index contributed by atoms with van der Waals surface area (Å²) in [6, 6.07) is 31.2. The Morgan fingerprint density at radius 2 is 0.968 bits per heavy atom. The van der Waals surface area contributed by atoms with E-state index in [0.29, 0.717) is 5.56 Å². The van der Waals surface area contributed by atoms with Crippen molar-refractivity contribution >= 4 is 33.8 Å². The maximum absolute atomic E-state index is 11.3.